The molecule has 2 aromatic rings. The van der Waals surface area contributed by atoms with E-state index in [1.165, 1.54) is 0 Å². The molecule has 0 radical (unpaired) electrons. The second-order valence-electron chi connectivity index (χ2n) is 4.17. The van der Waals surface area contributed by atoms with Crippen LogP contribution in [0, 0.1) is 27.7 Å². The van der Waals surface area contributed by atoms with E-state index in [1.54, 1.807) is 0 Å². The Morgan fingerprint density at radius 2 is 1.12 bits per heavy atom. The maximum atomic E-state index is 5.82. The Bertz CT molecular complexity index is 500. The lowest BCUT2D eigenvalue weighted by atomic mass is 10.3. The number of aromatic nitrogens is 2. The standard InChI is InChI=1S/C14H16N2O/c1-9-5-7-13(11(3)15-9)17-14-8-6-10(2)16-12(14)4/h5-8H,1-4H3. The molecule has 0 spiro atoms. The Morgan fingerprint density at radius 1 is 0.706 bits per heavy atom. The van der Waals surface area contributed by atoms with Gasteiger partial charge in [-0.2, -0.15) is 0 Å². The second kappa shape index (κ2) is 4.53. The van der Waals surface area contributed by atoms with Crippen molar-refractivity contribution in [3.05, 3.63) is 47.0 Å². The molecule has 0 aliphatic carbocycles. The summed E-state index contributed by atoms with van der Waals surface area (Å²) >= 11 is 0. The first-order valence-corrected chi connectivity index (χ1v) is 5.62. The molecule has 2 aromatic heterocycles. The van der Waals surface area contributed by atoms with Crippen LogP contribution in [0.4, 0.5) is 0 Å². The number of hydrogen-bond acceptors (Lipinski definition) is 3. The van der Waals surface area contributed by atoms with Crippen molar-refractivity contribution in [1.29, 1.82) is 0 Å². The van der Waals surface area contributed by atoms with E-state index in [0.29, 0.717) is 0 Å². The summed E-state index contributed by atoms with van der Waals surface area (Å²) < 4.78 is 5.82. The zero-order valence-corrected chi connectivity index (χ0v) is 10.6. The van der Waals surface area contributed by atoms with E-state index in [2.05, 4.69) is 9.97 Å². The summed E-state index contributed by atoms with van der Waals surface area (Å²) in [6.45, 7) is 7.82. The molecule has 17 heavy (non-hydrogen) atoms. The van der Waals surface area contributed by atoms with Gasteiger partial charge in [0.05, 0.1) is 11.4 Å². The Hall–Kier alpha value is -1.90. The maximum Gasteiger partial charge on any atom is 0.148 e. The molecule has 3 heteroatoms. The molecule has 2 heterocycles. The van der Waals surface area contributed by atoms with Gasteiger partial charge in [0.15, 0.2) is 0 Å². The third-order valence-corrected chi connectivity index (χ3v) is 2.57. The van der Waals surface area contributed by atoms with Crippen molar-refractivity contribution < 1.29 is 4.74 Å². The van der Waals surface area contributed by atoms with E-state index in [0.717, 1.165) is 34.3 Å². The molecule has 0 aromatic carbocycles. The van der Waals surface area contributed by atoms with Crippen LogP contribution in [0.5, 0.6) is 11.5 Å². The molecular weight excluding hydrogens is 212 g/mol. The summed E-state index contributed by atoms with van der Waals surface area (Å²) in [6.07, 6.45) is 0. The van der Waals surface area contributed by atoms with Gasteiger partial charge in [0.2, 0.25) is 0 Å². The zero-order valence-electron chi connectivity index (χ0n) is 10.6. The minimum atomic E-state index is 0.782. The smallest absolute Gasteiger partial charge is 0.148 e. The van der Waals surface area contributed by atoms with E-state index in [1.807, 2.05) is 52.0 Å². The molecule has 0 amide bonds. The molecule has 0 aliphatic rings. The first-order chi connectivity index (χ1) is 8.06. The topological polar surface area (TPSA) is 35.0 Å². The lowest BCUT2D eigenvalue weighted by Crippen LogP contribution is -1.95. The van der Waals surface area contributed by atoms with E-state index in [-0.39, 0.29) is 0 Å². The highest BCUT2D eigenvalue weighted by Gasteiger charge is 2.06. The summed E-state index contributed by atoms with van der Waals surface area (Å²) in [5.74, 6) is 1.56. The molecule has 0 bridgehead atoms. The molecule has 0 N–H and O–H groups in total. The van der Waals surface area contributed by atoms with E-state index < -0.39 is 0 Å². The van der Waals surface area contributed by atoms with Crippen LogP contribution in [0.2, 0.25) is 0 Å². The Kier molecular flexibility index (Phi) is 3.09. The minimum Gasteiger partial charge on any atom is -0.454 e. The van der Waals surface area contributed by atoms with Crippen molar-refractivity contribution in [1.82, 2.24) is 9.97 Å². The van der Waals surface area contributed by atoms with Crippen LogP contribution in [0.3, 0.4) is 0 Å². The fraction of sp³-hybridized carbons (Fsp3) is 0.286. The van der Waals surface area contributed by atoms with Gasteiger partial charge in [-0.3, -0.25) is 9.97 Å². The minimum absolute atomic E-state index is 0.782. The summed E-state index contributed by atoms with van der Waals surface area (Å²) in [5.41, 5.74) is 3.78. The van der Waals surface area contributed by atoms with Crippen molar-refractivity contribution in [2.45, 2.75) is 27.7 Å². The highest BCUT2D eigenvalue weighted by Crippen LogP contribution is 2.26. The molecular formula is C14H16N2O. The second-order valence-corrected chi connectivity index (χ2v) is 4.17. The van der Waals surface area contributed by atoms with Gasteiger partial charge in [0.25, 0.3) is 0 Å². The average molecular weight is 228 g/mol. The van der Waals surface area contributed by atoms with Gasteiger partial charge in [-0.15, -0.1) is 0 Å². The van der Waals surface area contributed by atoms with Gasteiger partial charge in [0, 0.05) is 11.4 Å². The number of rotatable bonds is 2. The Balaban J connectivity index is 2.31. The summed E-state index contributed by atoms with van der Waals surface area (Å²) in [6, 6.07) is 7.77. The lowest BCUT2D eigenvalue weighted by Gasteiger charge is -2.10. The molecule has 88 valence electrons. The van der Waals surface area contributed by atoms with Gasteiger partial charge < -0.3 is 4.74 Å². The van der Waals surface area contributed by atoms with E-state index in [9.17, 15) is 0 Å². The third kappa shape index (κ3) is 2.61. The van der Waals surface area contributed by atoms with Crippen molar-refractivity contribution in [3.8, 4) is 11.5 Å². The van der Waals surface area contributed by atoms with Crippen LogP contribution in [-0.2, 0) is 0 Å². The summed E-state index contributed by atoms with van der Waals surface area (Å²) in [4.78, 5) is 8.74. The number of nitrogens with zero attached hydrogens (tertiary/aromatic N) is 2. The molecule has 0 fully saturated rings. The first kappa shape index (κ1) is 11.6. The van der Waals surface area contributed by atoms with E-state index >= 15 is 0 Å². The molecule has 0 atom stereocenters. The highest BCUT2D eigenvalue weighted by atomic mass is 16.5. The van der Waals surface area contributed by atoms with Gasteiger partial charge in [-0.1, -0.05) is 0 Å². The quantitative estimate of drug-likeness (QED) is 0.789. The molecule has 3 nitrogen and oxygen atoms in total. The lowest BCUT2D eigenvalue weighted by molar-refractivity contribution is 0.468. The van der Waals surface area contributed by atoms with Crippen LogP contribution >= 0.6 is 0 Å². The molecule has 2 rings (SSSR count). The SMILES string of the molecule is Cc1ccc(Oc2ccc(C)nc2C)c(C)n1. The van der Waals surface area contributed by atoms with Gasteiger partial charge in [-0.25, -0.2) is 0 Å². The van der Waals surface area contributed by atoms with Crippen molar-refractivity contribution in [3.63, 3.8) is 0 Å². The Labute approximate surface area is 102 Å². The van der Waals surface area contributed by atoms with Crippen LogP contribution in [-0.4, -0.2) is 9.97 Å². The number of hydrogen-bond donors (Lipinski definition) is 0. The largest absolute Gasteiger partial charge is 0.454 e. The summed E-state index contributed by atoms with van der Waals surface area (Å²) in [5, 5.41) is 0. The van der Waals surface area contributed by atoms with Gasteiger partial charge in [0.1, 0.15) is 11.5 Å². The van der Waals surface area contributed by atoms with Crippen LogP contribution in [0.25, 0.3) is 0 Å². The predicted octanol–water partition coefficient (Wildman–Crippen LogP) is 3.50. The molecule has 0 unspecified atom stereocenters. The normalized spacial score (nSPS) is 10.4. The van der Waals surface area contributed by atoms with Crippen LogP contribution < -0.4 is 4.74 Å². The summed E-state index contributed by atoms with van der Waals surface area (Å²) in [7, 11) is 0. The van der Waals surface area contributed by atoms with Crippen molar-refractivity contribution >= 4 is 0 Å². The van der Waals surface area contributed by atoms with Crippen LogP contribution in [0.1, 0.15) is 22.8 Å². The average Bonchev–Trinajstić information content (AvgIpc) is 2.25. The predicted molar refractivity (Wildman–Crippen MR) is 67.5 cm³/mol. The third-order valence-electron chi connectivity index (χ3n) is 2.57. The Morgan fingerprint density at radius 3 is 1.47 bits per heavy atom. The highest BCUT2D eigenvalue weighted by molar-refractivity contribution is 5.36. The van der Waals surface area contributed by atoms with E-state index in [4.69, 9.17) is 4.74 Å². The molecule has 0 aliphatic heterocycles. The van der Waals surface area contributed by atoms with Gasteiger partial charge >= 0.3 is 0 Å². The van der Waals surface area contributed by atoms with Crippen molar-refractivity contribution in [2.24, 2.45) is 0 Å². The first-order valence-electron chi connectivity index (χ1n) is 5.62. The zero-order chi connectivity index (χ0) is 12.4. The fourth-order valence-corrected chi connectivity index (χ4v) is 1.68. The monoisotopic (exact) mass is 228 g/mol. The molecule has 0 saturated heterocycles. The van der Waals surface area contributed by atoms with Crippen molar-refractivity contribution in [2.75, 3.05) is 0 Å². The number of ether oxygens (including phenoxy) is 1. The van der Waals surface area contributed by atoms with Gasteiger partial charge in [-0.05, 0) is 52.0 Å². The maximum absolute atomic E-state index is 5.82. The number of aryl methyl sites for hydroxylation is 4. The number of pyridine rings is 2. The molecule has 0 saturated carbocycles. The fourth-order valence-electron chi connectivity index (χ4n) is 1.68. The van der Waals surface area contributed by atoms with Crippen LogP contribution in [0.15, 0.2) is 24.3 Å².